The number of benzene rings is 1. The number of carbonyl (C=O) groups is 1. The highest BCUT2D eigenvalue weighted by Gasteiger charge is 2.30. The van der Waals surface area contributed by atoms with Gasteiger partial charge in [-0.05, 0) is 13.8 Å². The van der Waals surface area contributed by atoms with E-state index in [-0.39, 0.29) is 16.9 Å². The first-order valence-corrected chi connectivity index (χ1v) is 6.97. The van der Waals surface area contributed by atoms with Crippen molar-refractivity contribution in [2.24, 2.45) is 7.05 Å². The zero-order chi connectivity index (χ0) is 19.8. The molecule has 2 rings (SSSR count). The number of nitrogens with one attached hydrogen (secondary N) is 1. The molecule has 0 aliphatic heterocycles. The first-order chi connectivity index (χ1) is 12.0. The molecule has 0 bridgehead atoms. The summed E-state index contributed by atoms with van der Waals surface area (Å²) in [5.74, 6) is -0.979. The van der Waals surface area contributed by atoms with E-state index < -0.39 is 43.4 Å². The molecule has 1 amide bonds. The molecule has 1 N–H and O–H groups in total. The quantitative estimate of drug-likeness (QED) is 0.618. The Bertz CT molecular complexity index is 929. The third-order valence-corrected chi connectivity index (χ3v) is 3.59. The zero-order valence-corrected chi connectivity index (χ0v) is 13.7. The van der Waals surface area contributed by atoms with Gasteiger partial charge in [0.05, 0.1) is 20.5 Å². The fourth-order valence-electron chi connectivity index (χ4n) is 2.45. The van der Waals surface area contributed by atoms with E-state index in [9.17, 15) is 35.1 Å². The smallest absolute Gasteiger partial charge is 0.320 e. The van der Waals surface area contributed by atoms with Crippen LogP contribution in [0.1, 0.15) is 21.7 Å². The Morgan fingerprint density at radius 3 is 1.96 bits per heavy atom. The summed E-state index contributed by atoms with van der Waals surface area (Å²) in [4.78, 5) is 43.3. The first kappa shape index (κ1) is 18.4. The fourth-order valence-corrected chi connectivity index (χ4v) is 2.45. The number of carbonyl (C=O) groups excluding carboxylic acids is 1. The van der Waals surface area contributed by atoms with Gasteiger partial charge in [-0.3, -0.25) is 39.8 Å². The molecule has 1 heterocycles. The molecule has 26 heavy (non-hydrogen) atoms. The molecule has 136 valence electrons. The number of aryl methyl sites for hydroxylation is 2. The van der Waals surface area contributed by atoms with Gasteiger partial charge in [0.1, 0.15) is 11.3 Å². The minimum Gasteiger partial charge on any atom is -0.320 e. The number of amides is 1. The van der Waals surface area contributed by atoms with Crippen molar-refractivity contribution >= 4 is 28.7 Å². The maximum absolute atomic E-state index is 12.4. The van der Waals surface area contributed by atoms with Gasteiger partial charge in [-0.1, -0.05) is 0 Å². The highest BCUT2D eigenvalue weighted by atomic mass is 16.6. The van der Waals surface area contributed by atoms with Crippen LogP contribution >= 0.6 is 0 Å². The Hall–Kier alpha value is -3.90. The zero-order valence-electron chi connectivity index (χ0n) is 13.7. The van der Waals surface area contributed by atoms with Gasteiger partial charge in [0.2, 0.25) is 5.69 Å². The Balaban J connectivity index is 2.53. The summed E-state index contributed by atoms with van der Waals surface area (Å²) in [5.41, 5.74) is -2.47. The predicted octanol–water partition coefficient (Wildman–Crippen LogP) is 2.01. The summed E-state index contributed by atoms with van der Waals surface area (Å²) in [6.07, 6.45) is 0. The summed E-state index contributed by atoms with van der Waals surface area (Å²) in [5, 5.41) is 39.3. The largest absolute Gasteiger partial charge is 0.322 e. The van der Waals surface area contributed by atoms with Crippen LogP contribution < -0.4 is 5.32 Å². The van der Waals surface area contributed by atoms with Crippen molar-refractivity contribution in [1.82, 2.24) is 9.78 Å². The van der Waals surface area contributed by atoms with Gasteiger partial charge in [0.15, 0.2) is 0 Å². The van der Waals surface area contributed by atoms with E-state index in [1.165, 1.54) is 20.9 Å². The van der Waals surface area contributed by atoms with Gasteiger partial charge < -0.3 is 5.32 Å². The van der Waals surface area contributed by atoms with Crippen molar-refractivity contribution in [1.29, 1.82) is 0 Å². The molecule has 0 radical (unpaired) electrons. The summed E-state index contributed by atoms with van der Waals surface area (Å²) in [7, 11) is 1.31. The van der Waals surface area contributed by atoms with Crippen LogP contribution in [0.5, 0.6) is 0 Å². The normalized spacial score (nSPS) is 10.4. The summed E-state index contributed by atoms with van der Waals surface area (Å²) >= 11 is 0. The van der Waals surface area contributed by atoms with Crippen LogP contribution in [0.3, 0.4) is 0 Å². The monoisotopic (exact) mass is 364 g/mol. The highest BCUT2D eigenvalue weighted by Crippen LogP contribution is 2.32. The Morgan fingerprint density at radius 1 is 1.04 bits per heavy atom. The number of nitro groups is 3. The van der Waals surface area contributed by atoms with Crippen LogP contribution in [0, 0.1) is 44.2 Å². The van der Waals surface area contributed by atoms with Crippen molar-refractivity contribution < 1.29 is 19.6 Å². The molecule has 0 atom stereocenters. The average Bonchev–Trinajstić information content (AvgIpc) is 2.82. The van der Waals surface area contributed by atoms with Gasteiger partial charge in [-0.15, -0.1) is 0 Å². The molecule has 1 aromatic carbocycles. The van der Waals surface area contributed by atoms with Gasteiger partial charge in [0, 0.05) is 19.2 Å². The van der Waals surface area contributed by atoms with Crippen molar-refractivity contribution in [3.63, 3.8) is 0 Å². The molecule has 1 aromatic heterocycles. The SMILES string of the molecule is Cc1nn(C)c(C(=O)Nc2cc([N+](=O)[O-])c(C)c([N+](=O)[O-])c2)c1[N+](=O)[O-]. The second kappa shape index (κ2) is 6.54. The van der Waals surface area contributed by atoms with Crippen LogP contribution in [-0.2, 0) is 7.05 Å². The highest BCUT2D eigenvalue weighted by molar-refractivity contribution is 6.06. The van der Waals surface area contributed by atoms with Crippen LogP contribution in [-0.4, -0.2) is 30.5 Å². The molecule has 13 nitrogen and oxygen atoms in total. The summed E-state index contributed by atoms with van der Waals surface area (Å²) < 4.78 is 0.986. The van der Waals surface area contributed by atoms with E-state index in [0.717, 1.165) is 16.8 Å². The van der Waals surface area contributed by atoms with Gasteiger partial charge in [-0.25, -0.2) is 0 Å². The average molecular weight is 364 g/mol. The summed E-state index contributed by atoms with van der Waals surface area (Å²) in [6.45, 7) is 2.55. The number of aromatic nitrogens is 2. The lowest BCUT2D eigenvalue weighted by molar-refractivity contribution is -0.395. The maximum atomic E-state index is 12.4. The van der Waals surface area contributed by atoms with E-state index in [4.69, 9.17) is 0 Å². The van der Waals surface area contributed by atoms with Crippen LogP contribution in [0.4, 0.5) is 22.7 Å². The third kappa shape index (κ3) is 3.17. The first-order valence-electron chi connectivity index (χ1n) is 6.97. The number of nitro benzene ring substituents is 2. The van der Waals surface area contributed by atoms with Crippen molar-refractivity contribution in [3.8, 4) is 0 Å². The van der Waals surface area contributed by atoms with E-state index in [1.807, 2.05) is 0 Å². The fraction of sp³-hybridized carbons (Fsp3) is 0.231. The van der Waals surface area contributed by atoms with Crippen LogP contribution in [0.15, 0.2) is 12.1 Å². The molecule has 0 unspecified atom stereocenters. The second-order valence-corrected chi connectivity index (χ2v) is 5.27. The minimum absolute atomic E-state index is 0.00326. The molecule has 13 heteroatoms. The molecule has 0 saturated heterocycles. The Labute approximate surface area is 144 Å². The van der Waals surface area contributed by atoms with E-state index in [2.05, 4.69) is 10.4 Å². The van der Waals surface area contributed by atoms with Gasteiger partial charge in [0.25, 0.3) is 17.3 Å². The van der Waals surface area contributed by atoms with Gasteiger partial charge >= 0.3 is 5.69 Å². The van der Waals surface area contributed by atoms with Crippen molar-refractivity contribution in [2.45, 2.75) is 13.8 Å². The number of anilines is 1. The van der Waals surface area contributed by atoms with Crippen LogP contribution in [0.2, 0.25) is 0 Å². The maximum Gasteiger partial charge on any atom is 0.322 e. The standard InChI is InChI=1S/C13H12N6O7/c1-6-9(17(21)22)4-8(5-10(6)18(23)24)14-13(20)12-11(19(25)26)7(2)15-16(12)3/h4-5H,1-3H3,(H,14,20). The molecule has 0 fully saturated rings. The number of nitrogens with zero attached hydrogens (tertiary/aromatic N) is 5. The number of rotatable bonds is 5. The van der Waals surface area contributed by atoms with Crippen LogP contribution in [0.25, 0.3) is 0 Å². The molecular formula is C13H12N6O7. The van der Waals surface area contributed by atoms with E-state index >= 15 is 0 Å². The lowest BCUT2D eigenvalue weighted by Gasteiger charge is -2.07. The lowest BCUT2D eigenvalue weighted by Crippen LogP contribution is -2.18. The lowest BCUT2D eigenvalue weighted by atomic mass is 10.1. The van der Waals surface area contributed by atoms with Crippen molar-refractivity contribution in [3.05, 3.63) is 59.4 Å². The van der Waals surface area contributed by atoms with Gasteiger partial charge in [-0.2, -0.15) is 5.10 Å². The molecule has 0 saturated carbocycles. The Kier molecular flexibility index (Phi) is 4.64. The third-order valence-electron chi connectivity index (χ3n) is 3.59. The molecule has 0 aliphatic rings. The molecule has 0 spiro atoms. The molecule has 0 aliphatic carbocycles. The number of hydrogen-bond donors (Lipinski definition) is 1. The van der Waals surface area contributed by atoms with E-state index in [1.54, 1.807) is 0 Å². The molecule has 2 aromatic rings. The Morgan fingerprint density at radius 2 is 1.54 bits per heavy atom. The predicted molar refractivity (Wildman–Crippen MR) is 87.0 cm³/mol. The molecular weight excluding hydrogens is 352 g/mol. The van der Waals surface area contributed by atoms with E-state index in [0.29, 0.717) is 0 Å². The topological polar surface area (TPSA) is 176 Å². The second-order valence-electron chi connectivity index (χ2n) is 5.27. The minimum atomic E-state index is -0.979. The number of hydrogen-bond acceptors (Lipinski definition) is 8. The van der Waals surface area contributed by atoms with Crippen molar-refractivity contribution in [2.75, 3.05) is 5.32 Å². The summed E-state index contributed by atoms with van der Waals surface area (Å²) in [6, 6.07) is 1.88.